The number of hydrogen-bond donors (Lipinski definition) is 1. The van der Waals surface area contributed by atoms with Gasteiger partial charge in [-0.1, -0.05) is 12.1 Å². The maximum Gasteiger partial charge on any atom is 0.161 e. The van der Waals surface area contributed by atoms with Crippen molar-refractivity contribution in [3.8, 4) is 39.9 Å². The molecule has 0 amide bonds. The van der Waals surface area contributed by atoms with E-state index in [0.717, 1.165) is 45.1 Å². The van der Waals surface area contributed by atoms with Crippen LogP contribution in [0.3, 0.4) is 0 Å². The third-order valence-corrected chi connectivity index (χ3v) is 4.56. The number of hydrogen-bond acceptors (Lipinski definition) is 4. The predicted molar refractivity (Wildman–Crippen MR) is 98.6 cm³/mol. The lowest BCUT2D eigenvalue weighted by Crippen LogP contribution is -1.88. The largest absolute Gasteiger partial charge is 0.504 e. The molecule has 0 atom stereocenters. The summed E-state index contributed by atoms with van der Waals surface area (Å²) in [6.07, 6.45) is 0. The molecule has 0 saturated heterocycles. The lowest BCUT2D eigenvalue weighted by molar-refractivity contribution is 0.373. The molecule has 25 heavy (non-hydrogen) atoms. The number of methoxy groups -OCH3 is 2. The molecule has 4 nitrogen and oxygen atoms in total. The molecule has 3 rings (SSSR count). The summed E-state index contributed by atoms with van der Waals surface area (Å²) < 4.78 is 16.8. The second kappa shape index (κ2) is 6.55. The first-order chi connectivity index (χ1) is 12.0. The van der Waals surface area contributed by atoms with E-state index in [1.165, 1.54) is 7.11 Å². The lowest BCUT2D eigenvalue weighted by Gasteiger charge is -2.07. The van der Waals surface area contributed by atoms with Gasteiger partial charge in [0.1, 0.15) is 17.3 Å². The highest BCUT2D eigenvalue weighted by molar-refractivity contribution is 5.74. The Balaban J connectivity index is 2.12. The van der Waals surface area contributed by atoms with Crippen LogP contribution in [0.4, 0.5) is 0 Å². The Morgan fingerprint density at radius 1 is 0.760 bits per heavy atom. The molecule has 1 N–H and O–H groups in total. The van der Waals surface area contributed by atoms with E-state index >= 15 is 0 Å². The highest BCUT2D eigenvalue weighted by Gasteiger charge is 2.18. The average molecular weight is 338 g/mol. The van der Waals surface area contributed by atoms with Crippen molar-refractivity contribution in [1.82, 2.24) is 0 Å². The van der Waals surface area contributed by atoms with E-state index < -0.39 is 0 Å². The number of benzene rings is 2. The van der Waals surface area contributed by atoms with Crippen LogP contribution < -0.4 is 9.47 Å². The van der Waals surface area contributed by atoms with Crippen molar-refractivity contribution in [3.63, 3.8) is 0 Å². The topological polar surface area (TPSA) is 51.8 Å². The van der Waals surface area contributed by atoms with Gasteiger partial charge in [0.05, 0.1) is 14.2 Å². The third kappa shape index (κ3) is 2.95. The van der Waals surface area contributed by atoms with E-state index in [-0.39, 0.29) is 5.75 Å². The molecule has 0 bridgehead atoms. The lowest BCUT2D eigenvalue weighted by atomic mass is 10.0. The molecular formula is C21H22O4. The highest BCUT2D eigenvalue weighted by atomic mass is 16.5. The van der Waals surface area contributed by atoms with Gasteiger partial charge in [0.15, 0.2) is 11.5 Å². The van der Waals surface area contributed by atoms with Crippen LogP contribution in [-0.2, 0) is 0 Å². The number of aryl methyl sites for hydroxylation is 1. The zero-order valence-electron chi connectivity index (χ0n) is 15.1. The smallest absolute Gasteiger partial charge is 0.161 e. The van der Waals surface area contributed by atoms with Crippen molar-refractivity contribution < 1.29 is 19.0 Å². The Labute approximate surface area is 147 Å². The van der Waals surface area contributed by atoms with Crippen molar-refractivity contribution in [2.24, 2.45) is 0 Å². The minimum absolute atomic E-state index is 0.107. The van der Waals surface area contributed by atoms with Gasteiger partial charge in [-0.3, -0.25) is 0 Å². The van der Waals surface area contributed by atoms with Gasteiger partial charge in [-0.2, -0.15) is 0 Å². The zero-order valence-corrected chi connectivity index (χ0v) is 15.1. The fourth-order valence-corrected chi connectivity index (χ4v) is 2.93. The fraction of sp³-hybridized carbons (Fsp3) is 0.238. The van der Waals surface area contributed by atoms with E-state index in [1.54, 1.807) is 19.2 Å². The number of phenolic OH excluding ortho intramolecular Hbond substituents is 1. The summed E-state index contributed by atoms with van der Waals surface area (Å²) >= 11 is 0. The third-order valence-electron chi connectivity index (χ3n) is 4.56. The molecule has 0 aliphatic rings. The standard InChI is InChI=1S/C21H22O4/c1-12-6-7-15(10-18(12)23-4)20-13(2)14(3)21(25-20)16-8-9-17(22)19(11-16)24-5/h6-11,22H,1-5H3. The Bertz CT molecular complexity index is 848. The second-order valence-electron chi connectivity index (χ2n) is 6.08. The number of aromatic hydroxyl groups is 1. The van der Waals surface area contributed by atoms with Gasteiger partial charge in [0.25, 0.3) is 0 Å². The van der Waals surface area contributed by atoms with Crippen LogP contribution >= 0.6 is 0 Å². The molecule has 1 heterocycles. The van der Waals surface area contributed by atoms with Crippen molar-refractivity contribution in [2.75, 3.05) is 14.2 Å². The van der Waals surface area contributed by atoms with E-state index in [0.29, 0.717) is 5.75 Å². The molecule has 0 radical (unpaired) electrons. The number of rotatable bonds is 4. The minimum atomic E-state index is 0.107. The molecule has 0 aliphatic heterocycles. The monoisotopic (exact) mass is 338 g/mol. The first-order valence-electron chi connectivity index (χ1n) is 8.08. The summed E-state index contributed by atoms with van der Waals surface area (Å²) in [6, 6.07) is 11.3. The number of furan rings is 1. The van der Waals surface area contributed by atoms with Crippen LogP contribution in [0.5, 0.6) is 17.2 Å². The SMILES string of the molecule is COc1cc(-c2oc(-c3ccc(O)c(OC)c3)c(C)c2C)ccc1C. The van der Waals surface area contributed by atoms with E-state index in [4.69, 9.17) is 13.9 Å². The van der Waals surface area contributed by atoms with Gasteiger partial charge in [-0.05, 0) is 61.7 Å². The normalized spacial score (nSPS) is 10.8. The number of ether oxygens (including phenoxy) is 2. The molecule has 0 saturated carbocycles. The second-order valence-corrected chi connectivity index (χ2v) is 6.08. The quantitative estimate of drug-likeness (QED) is 0.705. The molecule has 130 valence electrons. The van der Waals surface area contributed by atoms with Crippen molar-refractivity contribution in [1.29, 1.82) is 0 Å². The molecule has 4 heteroatoms. The summed E-state index contributed by atoms with van der Waals surface area (Å²) in [6.45, 7) is 6.08. The van der Waals surface area contributed by atoms with Gasteiger partial charge >= 0.3 is 0 Å². The van der Waals surface area contributed by atoms with Crippen molar-refractivity contribution in [3.05, 3.63) is 53.1 Å². The van der Waals surface area contributed by atoms with E-state index in [2.05, 4.69) is 0 Å². The van der Waals surface area contributed by atoms with Crippen molar-refractivity contribution >= 4 is 0 Å². The molecule has 0 aliphatic carbocycles. The Hall–Kier alpha value is -2.88. The maximum atomic E-state index is 9.80. The molecule has 2 aromatic carbocycles. The fourth-order valence-electron chi connectivity index (χ4n) is 2.93. The maximum absolute atomic E-state index is 9.80. The summed E-state index contributed by atoms with van der Waals surface area (Å²) in [7, 11) is 3.20. The molecular weight excluding hydrogens is 316 g/mol. The van der Waals surface area contributed by atoms with Gasteiger partial charge in [-0.25, -0.2) is 0 Å². The van der Waals surface area contributed by atoms with Crippen LogP contribution in [0.2, 0.25) is 0 Å². The van der Waals surface area contributed by atoms with E-state index in [1.807, 2.05) is 45.0 Å². The Morgan fingerprint density at radius 2 is 1.28 bits per heavy atom. The number of phenols is 1. The minimum Gasteiger partial charge on any atom is -0.504 e. The first kappa shape index (κ1) is 17.0. The van der Waals surface area contributed by atoms with E-state index in [9.17, 15) is 5.11 Å². The molecule has 1 aromatic heterocycles. The Kier molecular flexibility index (Phi) is 4.45. The first-order valence-corrected chi connectivity index (χ1v) is 8.08. The van der Waals surface area contributed by atoms with Crippen LogP contribution in [0.15, 0.2) is 40.8 Å². The zero-order chi connectivity index (χ0) is 18.1. The summed E-state index contributed by atoms with van der Waals surface area (Å²) in [5, 5.41) is 9.80. The average Bonchev–Trinajstić information content (AvgIpc) is 2.91. The van der Waals surface area contributed by atoms with Crippen LogP contribution in [-0.4, -0.2) is 19.3 Å². The van der Waals surface area contributed by atoms with Gasteiger partial charge < -0.3 is 19.0 Å². The van der Waals surface area contributed by atoms with Gasteiger partial charge in [0, 0.05) is 11.1 Å². The molecule has 0 fully saturated rings. The van der Waals surface area contributed by atoms with Crippen LogP contribution in [0, 0.1) is 20.8 Å². The van der Waals surface area contributed by atoms with Crippen LogP contribution in [0.25, 0.3) is 22.6 Å². The Morgan fingerprint density at radius 3 is 1.84 bits per heavy atom. The summed E-state index contributed by atoms with van der Waals surface area (Å²) in [5.41, 5.74) is 5.05. The molecule has 0 unspecified atom stereocenters. The summed E-state index contributed by atoms with van der Waals surface area (Å²) in [5.74, 6) is 2.95. The summed E-state index contributed by atoms with van der Waals surface area (Å²) in [4.78, 5) is 0. The van der Waals surface area contributed by atoms with Gasteiger partial charge in [-0.15, -0.1) is 0 Å². The predicted octanol–water partition coefficient (Wildman–Crippen LogP) is 5.26. The molecule has 3 aromatic rings. The van der Waals surface area contributed by atoms with Crippen molar-refractivity contribution in [2.45, 2.75) is 20.8 Å². The van der Waals surface area contributed by atoms with Crippen LogP contribution in [0.1, 0.15) is 16.7 Å². The van der Waals surface area contributed by atoms with Gasteiger partial charge in [0.2, 0.25) is 0 Å². The highest BCUT2D eigenvalue weighted by Crippen LogP contribution is 2.40. The molecule has 0 spiro atoms.